The molecule has 2 rings (SSSR count). The second-order valence-electron chi connectivity index (χ2n) is 4.16. The molecule has 0 radical (unpaired) electrons. The van der Waals surface area contributed by atoms with E-state index in [9.17, 15) is 0 Å². The number of rotatable bonds is 2. The summed E-state index contributed by atoms with van der Waals surface area (Å²) in [5.74, 6) is 0.836. The molecule has 0 saturated heterocycles. The molecule has 1 unspecified atom stereocenters. The van der Waals surface area contributed by atoms with E-state index in [4.69, 9.17) is 5.73 Å². The van der Waals surface area contributed by atoms with Gasteiger partial charge in [-0.2, -0.15) is 0 Å². The molecular weight excluding hydrogens is 158 g/mol. The molecule has 0 aromatic heterocycles. The van der Waals surface area contributed by atoms with Crippen LogP contribution in [0.5, 0.6) is 0 Å². The van der Waals surface area contributed by atoms with Crippen molar-refractivity contribution in [3.05, 3.63) is 34.9 Å². The normalized spacial score (nSPS) is 20.3. The summed E-state index contributed by atoms with van der Waals surface area (Å²) < 4.78 is 0. The minimum absolute atomic E-state index is 0.758. The molecule has 1 aromatic carbocycles. The summed E-state index contributed by atoms with van der Waals surface area (Å²) >= 11 is 0. The highest BCUT2D eigenvalue weighted by atomic mass is 14.5. The number of benzene rings is 1. The van der Waals surface area contributed by atoms with E-state index in [0.717, 1.165) is 18.9 Å². The van der Waals surface area contributed by atoms with Crippen LogP contribution in [-0.2, 0) is 19.3 Å². The molecule has 70 valence electrons. The lowest BCUT2D eigenvalue weighted by Gasteiger charge is -2.02. The third kappa shape index (κ3) is 1.75. The Morgan fingerprint density at radius 3 is 2.85 bits per heavy atom. The van der Waals surface area contributed by atoms with Crippen LogP contribution >= 0.6 is 0 Å². The fraction of sp³-hybridized carbons (Fsp3) is 0.500. The molecule has 1 atom stereocenters. The summed E-state index contributed by atoms with van der Waals surface area (Å²) in [7, 11) is 0. The van der Waals surface area contributed by atoms with Crippen LogP contribution < -0.4 is 5.73 Å². The Morgan fingerprint density at radius 2 is 2.08 bits per heavy atom. The van der Waals surface area contributed by atoms with Crippen LogP contribution in [0.2, 0.25) is 0 Å². The van der Waals surface area contributed by atoms with Crippen LogP contribution in [0, 0.1) is 5.92 Å². The molecule has 1 aliphatic carbocycles. The number of hydrogen-bond acceptors (Lipinski definition) is 1. The van der Waals surface area contributed by atoms with Crippen LogP contribution in [0.15, 0.2) is 18.2 Å². The number of fused-ring (bicyclic) bond motifs is 1. The average molecular weight is 175 g/mol. The first-order valence-electron chi connectivity index (χ1n) is 5.10. The first-order valence-corrected chi connectivity index (χ1v) is 5.10. The molecule has 0 fully saturated rings. The van der Waals surface area contributed by atoms with E-state index in [0.29, 0.717) is 0 Å². The maximum atomic E-state index is 5.53. The molecule has 1 aromatic rings. The van der Waals surface area contributed by atoms with Crippen molar-refractivity contribution in [3.8, 4) is 0 Å². The second-order valence-corrected chi connectivity index (χ2v) is 4.16. The quantitative estimate of drug-likeness (QED) is 0.730. The summed E-state index contributed by atoms with van der Waals surface area (Å²) in [4.78, 5) is 0. The Hall–Kier alpha value is -0.820. The molecule has 1 nitrogen and oxygen atoms in total. The van der Waals surface area contributed by atoms with Crippen LogP contribution in [0.25, 0.3) is 0 Å². The largest absolute Gasteiger partial charge is 0.330 e. The van der Waals surface area contributed by atoms with Gasteiger partial charge in [-0.15, -0.1) is 0 Å². The minimum atomic E-state index is 0.758. The monoisotopic (exact) mass is 175 g/mol. The SMILES string of the molecule is CC1Cc2ccc(CCN)cc2C1. The highest BCUT2D eigenvalue weighted by Gasteiger charge is 2.17. The highest BCUT2D eigenvalue weighted by molar-refractivity contribution is 5.36. The molecule has 0 heterocycles. The van der Waals surface area contributed by atoms with Gasteiger partial charge in [-0.05, 0) is 48.4 Å². The lowest BCUT2D eigenvalue weighted by molar-refractivity contribution is 0.627. The fourth-order valence-electron chi connectivity index (χ4n) is 2.21. The van der Waals surface area contributed by atoms with Gasteiger partial charge >= 0.3 is 0 Å². The van der Waals surface area contributed by atoms with Crippen molar-refractivity contribution in [1.29, 1.82) is 0 Å². The van der Waals surface area contributed by atoms with Gasteiger partial charge in [0.15, 0.2) is 0 Å². The van der Waals surface area contributed by atoms with E-state index in [1.807, 2.05) is 0 Å². The summed E-state index contributed by atoms with van der Waals surface area (Å²) in [6, 6.07) is 6.85. The minimum Gasteiger partial charge on any atom is -0.330 e. The lowest BCUT2D eigenvalue weighted by atomic mass is 10.0. The summed E-state index contributed by atoms with van der Waals surface area (Å²) in [5, 5.41) is 0. The van der Waals surface area contributed by atoms with E-state index in [1.54, 1.807) is 11.1 Å². The zero-order valence-electron chi connectivity index (χ0n) is 8.22. The number of hydrogen-bond donors (Lipinski definition) is 1. The molecule has 0 spiro atoms. The van der Waals surface area contributed by atoms with Crippen molar-refractivity contribution >= 4 is 0 Å². The van der Waals surface area contributed by atoms with Crippen LogP contribution in [0.4, 0.5) is 0 Å². The van der Waals surface area contributed by atoms with E-state index < -0.39 is 0 Å². The van der Waals surface area contributed by atoms with Gasteiger partial charge in [0.25, 0.3) is 0 Å². The van der Waals surface area contributed by atoms with Gasteiger partial charge in [0, 0.05) is 0 Å². The first kappa shape index (κ1) is 8.76. The highest BCUT2D eigenvalue weighted by Crippen LogP contribution is 2.27. The molecule has 1 aliphatic rings. The Labute approximate surface area is 80.0 Å². The van der Waals surface area contributed by atoms with Crippen molar-refractivity contribution in [1.82, 2.24) is 0 Å². The summed E-state index contributed by atoms with van der Waals surface area (Å²) in [6.07, 6.45) is 3.54. The maximum absolute atomic E-state index is 5.53. The van der Waals surface area contributed by atoms with Crippen molar-refractivity contribution in [3.63, 3.8) is 0 Å². The zero-order chi connectivity index (χ0) is 9.26. The van der Waals surface area contributed by atoms with Gasteiger partial charge in [-0.3, -0.25) is 0 Å². The Bertz CT molecular complexity index is 304. The van der Waals surface area contributed by atoms with E-state index in [2.05, 4.69) is 25.1 Å². The van der Waals surface area contributed by atoms with Gasteiger partial charge in [0.1, 0.15) is 0 Å². The fourth-order valence-corrected chi connectivity index (χ4v) is 2.21. The molecule has 0 saturated carbocycles. The predicted octanol–water partition coefficient (Wildman–Crippen LogP) is 1.92. The molecule has 0 bridgehead atoms. The number of nitrogens with two attached hydrogens (primary N) is 1. The van der Waals surface area contributed by atoms with Crippen LogP contribution in [-0.4, -0.2) is 6.54 Å². The first-order chi connectivity index (χ1) is 6.29. The Kier molecular flexibility index (Phi) is 2.36. The smallest absolute Gasteiger partial charge is 0.00367 e. The van der Waals surface area contributed by atoms with Gasteiger partial charge in [0.2, 0.25) is 0 Å². The average Bonchev–Trinajstić information content (AvgIpc) is 2.44. The lowest BCUT2D eigenvalue weighted by Crippen LogP contribution is -2.02. The molecule has 2 N–H and O–H groups in total. The maximum Gasteiger partial charge on any atom is -0.00367 e. The van der Waals surface area contributed by atoms with Crippen LogP contribution in [0.1, 0.15) is 23.6 Å². The molecule has 0 amide bonds. The van der Waals surface area contributed by atoms with Crippen molar-refractivity contribution < 1.29 is 0 Å². The van der Waals surface area contributed by atoms with E-state index in [1.165, 1.54) is 18.4 Å². The van der Waals surface area contributed by atoms with Gasteiger partial charge in [-0.1, -0.05) is 25.1 Å². The third-order valence-corrected chi connectivity index (χ3v) is 2.84. The van der Waals surface area contributed by atoms with E-state index in [-0.39, 0.29) is 0 Å². The van der Waals surface area contributed by atoms with Crippen molar-refractivity contribution in [2.75, 3.05) is 6.54 Å². The van der Waals surface area contributed by atoms with Gasteiger partial charge in [0.05, 0.1) is 0 Å². The van der Waals surface area contributed by atoms with Gasteiger partial charge in [-0.25, -0.2) is 0 Å². The van der Waals surface area contributed by atoms with Gasteiger partial charge < -0.3 is 5.73 Å². The second kappa shape index (κ2) is 3.51. The Balaban J connectivity index is 2.24. The van der Waals surface area contributed by atoms with E-state index >= 15 is 0 Å². The molecule has 0 aliphatic heterocycles. The zero-order valence-corrected chi connectivity index (χ0v) is 8.22. The van der Waals surface area contributed by atoms with Crippen molar-refractivity contribution in [2.45, 2.75) is 26.2 Å². The molecular formula is C12H17N. The Morgan fingerprint density at radius 1 is 1.31 bits per heavy atom. The van der Waals surface area contributed by atoms with Crippen LogP contribution in [0.3, 0.4) is 0 Å². The third-order valence-electron chi connectivity index (χ3n) is 2.84. The summed E-state index contributed by atoms with van der Waals surface area (Å²) in [5.41, 5.74) is 10.0. The summed E-state index contributed by atoms with van der Waals surface area (Å²) in [6.45, 7) is 3.08. The molecule has 13 heavy (non-hydrogen) atoms. The predicted molar refractivity (Wildman–Crippen MR) is 55.8 cm³/mol. The molecule has 1 heteroatoms. The topological polar surface area (TPSA) is 26.0 Å². The standard InChI is InChI=1S/C12H17N/c1-9-6-11-3-2-10(4-5-13)8-12(11)7-9/h2-3,8-9H,4-7,13H2,1H3. The van der Waals surface area contributed by atoms with Crippen molar-refractivity contribution in [2.24, 2.45) is 11.7 Å².